The molecule has 104 valence electrons. The summed E-state index contributed by atoms with van der Waals surface area (Å²) in [6.07, 6.45) is 3.78. The van der Waals surface area contributed by atoms with Crippen molar-refractivity contribution in [2.45, 2.75) is 6.92 Å². The number of anilines is 1. The Morgan fingerprint density at radius 2 is 2.19 bits per heavy atom. The van der Waals surface area contributed by atoms with Gasteiger partial charge in [-0.2, -0.15) is 0 Å². The van der Waals surface area contributed by atoms with Gasteiger partial charge in [0.1, 0.15) is 0 Å². The lowest BCUT2D eigenvalue weighted by Gasteiger charge is -1.98. The Morgan fingerprint density at radius 3 is 3.05 bits per heavy atom. The van der Waals surface area contributed by atoms with Gasteiger partial charge in [-0.25, -0.2) is 4.98 Å². The van der Waals surface area contributed by atoms with Crippen LogP contribution in [0, 0.1) is 6.92 Å². The molecule has 21 heavy (non-hydrogen) atoms. The van der Waals surface area contributed by atoms with Crippen molar-refractivity contribution in [2.24, 2.45) is 0 Å². The number of thiazole rings is 1. The maximum absolute atomic E-state index is 12.2. The minimum atomic E-state index is -0.117. The molecule has 0 bridgehead atoms. The first-order valence-corrected chi connectivity index (χ1v) is 7.59. The number of aromatic nitrogens is 2. The molecule has 4 nitrogen and oxygen atoms in total. The summed E-state index contributed by atoms with van der Waals surface area (Å²) in [5.74, 6) is -0.117. The summed E-state index contributed by atoms with van der Waals surface area (Å²) in [6, 6.07) is 7.62. The van der Waals surface area contributed by atoms with Crippen molar-refractivity contribution in [2.75, 3.05) is 5.32 Å². The molecule has 3 heterocycles. The first kappa shape index (κ1) is 12.6. The molecular weight excluding hydrogens is 306 g/mol. The van der Waals surface area contributed by atoms with E-state index in [-0.39, 0.29) is 5.91 Å². The van der Waals surface area contributed by atoms with Crippen molar-refractivity contribution in [1.29, 1.82) is 0 Å². The SMILES string of the molecule is Cc1cn2c(/C=C3/C(=O)Nc4ccccc43)c(Cl)nc2s1. The average Bonchev–Trinajstić information content (AvgIpc) is 3.04. The molecule has 1 aromatic carbocycles. The normalized spacial score (nSPS) is 15.7. The zero-order valence-electron chi connectivity index (χ0n) is 11.1. The van der Waals surface area contributed by atoms with Crippen LogP contribution in [0.2, 0.25) is 5.15 Å². The molecule has 0 atom stereocenters. The van der Waals surface area contributed by atoms with E-state index < -0.39 is 0 Å². The minimum Gasteiger partial charge on any atom is -0.321 e. The number of carbonyl (C=O) groups is 1. The smallest absolute Gasteiger partial charge is 0.256 e. The number of hydrogen-bond acceptors (Lipinski definition) is 3. The summed E-state index contributed by atoms with van der Waals surface area (Å²) in [5, 5.41) is 3.26. The molecule has 0 aliphatic carbocycles. The number of halogens is 1. The number of benzene rings is 1. The molecule has 6 heteroatoms. The van der Waals surface area contributed by atoms with E-state index in [1.807, 2.05) is 41.8 Å². The number of fused-ring (bicyclic) bond motifs is 2. The molecule has 1 amide bonds. The number of carbonyl (C=O) groups excluding carboxylic acids is 1. The largest absolute Gasteiger partial charge is 0.321 e. The van der Waals surface area contributed by atoms with Crippen LogP contribution in [0.4, 0.5) is 5.69 Å². The van der Waals surface area contributed by atoms with Crippen LogP contribution in [0.1, 0.15) is 16.1 Å². The molecule has 1 N–H and O–H groups in total. The van der Waals surface area contributed by atoms with Crippen molar-refractivity contribution >= 4 is 51.1 Å². The zero-order valence-corrected chi connectivity index (χ0v) is 12.6. The predicted molar refractivity (Wildman–Crippen MR) is 85.8 cm³/mol. The number of aryl methyl sites for hydroxylation is 1. The first-order chi connectivity index (χ1) is 10.1. The Bertz CT molecular complexity index is 922. The maximum Gasteiger partial charge on any atom is 0.256 e. The van der Waals surface area contributed by atoms with Gasteiger partial charge in [-0.05, 0) is 19.1 Å². The van der Waals surface area contributed by atoms with Gasteiger partial charge in [0.25, 0.3) is 5.91 Å². The number of imidazole rings is 1. The molecule has 0 unspecified atom stereocenters. The number of amides is 1. The van der Waals surface area contributed by atoms with Crippen molar-refractivity contribution < 1.29 is 4.79 Å². The third kappa shape index (κ3) is 1.89. The lowest BCUT2D eigenvalue weighted by Crippen LogP contribution is -2.03. The summed E-state index contributed by atoms with van der Waals surface area (Å²) in [5.41, 5.74) is 3.06. The van der Waals surface area contributed by atoms with Crippen molar-refractivity contribution in [3.05, 3.63) is 51.7 Å². The minimum absolute atomic E-state index is 0.117. The second-order valence-electron chi connectivity index (χ2n) is 4.84. The Balaban J connectivity index is 1.94. The van der Waals surface area contributed by atoms with E-state index in [1.54, 1.807) is 17.4 Å². The molecule has 0 spiro atoms. The number of hydrogen-bond donors (Lipinski definition) is 1. The summed E-state index contributed by atoms with van der Waals surface area (Å²) in [7, 11) is 0. The number of rotatable bonds is 1. The molecule has 2 aromatic heterocycles. The second kappa shape index (κ2) is 4.44. The second-order valence-corrected chi connectivity index (χ2v) is 6.41. The van der Waals surface area contributed by atoms with E-state index in [2.05, 4.69) is 10.3 Å². The van der Waals surface area contributed by atoms with Crippen LogP contribution in [0.25, 0.3) is 16.6 Å². The molecule has 4 rings (SSSR count). The highest BCUT2D eigenvalue weighted by Crippen LogP contribution is 2.34. The highest BCUT2D eigenvalue weighted by Gasteiger charge is 2.24. The predicted octanol–water partition coefficient (Wildman–Crippen LogP) is 3.85. The van der Waals surface area contributed by atoms with Crippen molar-refractivity contribution in [1.82, 2.24) is 9.38 Å². The highest BCUT2D eigenvalue weighted by molar-refractivity contribution is 7.17. The molecular formula is C15H10ClN3OS. The molecule has 1 aliphatic rings. The lowest BCUT2D eigenvalue weighted by molar-refractivity contribution is -0.110. The maximum atomic E-state index is 12.2. The summed E-state index contributed by atoms with van der Waals surface area (Å²) >= 11 is 7.78. The van der Waals surface area contributed by atoms with E-state index in [4.69, 9.17) is 11.6 Å². The fraction of sp³-hybridized carbons (Fsp3) is 0.0667. The lowest BCUT2D eigenvalue weighted by atomic mass is 10.1. The van der Waals surface area contributed by atoms with Gasteiger partial charge in [-0.3, -0.25) is 9.20 Å². The molecule has 0 saturated carbocycles. The van der Waals surface area contributed by atoms with Crippen LogP contribution in [-0.4, -0.2) is 15.3 Å². The monoisotopic (exact) mass is 315 g/mol. The van der Waals surface area contributed by atoms with Gasteiger partial charge in [-0.15, -0.1) is 11.3 Å². The van der Waals surface area contributed by atoms with Crippen LogP contribution in [0.5, 0.6) is 0 Å². The molecule has 0 saturated heterocycles. The topological polar surface area (TPSA) is 46.4 Å². The molecule has 0 fully saturated rings. The van der Waals surface area contributed by atoms with Gasteiger partial charge in [0, 0.05) is 22.3 Å². The third-order valence-corrected chi connectivity index (χ3v) is 4.60. The van der Waals surface area contributed by atoms with Gasteiger partial charge >= 0.3 is 0 Å². The quantitative estimate of drug-likeness (QED) is 0.693. The van der Waals surface area contributed by atoms with E-state index in [0.29, 0.717) is 10.7 Å². The van der Waals surface area contributed by atoms with Crippen LogP contribution in [-0.2, 0) is 4.79 Å². The Kier molecular flexibility index (Phi) is 2.67. The molecule has 0 radical (unpaired) electrons. The van der Waals surface area contributed by atoms with Gasteiger partial charge in [0.05, 0.1) is 11.3 Å². The Morgan fingerprint density at radius 1 is 1.38 bits per heavy atom. The highest BCUT2D eigenvalue weighted by atomic mass is 35.5. The Labute approximate surface area is 129 Å². The fourth-order valence-electron chi connectivity index (χ4n) is 2.49. The Hall–Kier alpha value is -2.11. The number of para-hydroxylation sites is 1. The summed E-state index contributed by atoms with van der Waals surface area (Å²) in [4.78, 5) is 18.5. The van der Waals surface area contributed by atoms with Crippen LogP contribution >= 0.6 is 22.9 Å². The summed E-state index contributed by atoms with van der Waals surface area (Å²) in [6.45, 7) is 2.02. The number of nitrogens with one attached hydrogen (secondary N) is 1. The van der Waals surface area contributed by atoms with Gasteiger partial charge in [0.2, 0.25) is 0 Å². The van der Waals surface area contributed by atoms with Gasteiger partial charge in [-0.1, -0.05) is 29.8 Å². The number of nitrogens with zero attached hydrogens (tertiary/aromatic N) is 2. The van der Waals surface area contributed by atoms with E-state index >= 15 is 0 Å². The van der Waals surface area contributed by atoms with Gasteiger partial charge in [0.15, 0.2) is 10.1 Å². The van der Waals surface area contributed by atoms with E-state index in [9.17, 15) is 4.79 Å². The van der Waals surface area contributed by atoms with Gasteiger partial charge < -0.3 is 5.32 Å². The van der Waals surface area contributed by atoms with Crippen LogP contribution in [0.15, 0.2) is 30.5 Å². The van der Waals surface area contributed by atoms with E-state index in [0.717, 1.165) is 26.8 Å². The molecule has 1 aliphatic heterocycles. The van der Waals surface area contributed by atoms with E-state index in [1.165, 1.54) is 0 Å². The van der Waals surface area contributed by atoms with Crippen LogP contribution in [0.3, 0.4) is 0 Å². The fourth-order valence-corrected chi connectivity index (χ4v) is 3.60. The molecule has 3 aromatic rings. The van der Waals surface area contributed by atoms with Crippen LogP contribution < -0.4 is 5.32 Å². The first-order valence-electron chi connectivity index (χ1n) is 6.40. The van der Waals surface area contributed by atoms with Crippen molar-refractivity contribution in [3.8, 4) is 0 Å². The third-order valence-electron chi connectivity index (χ3n) is 3.43. The summed E-state index contributed by atoms with van der Waals surface area (Å²) < 4.78 is 1.92. The average molecular weight is 316 g/mol. The standard InChI is InChI=1S/C15H10ClN3OS/c1-8-7-19-12(13(16)18-15(19)21-8)6-10-9-4-2-3-5-11(9)17-14(10)20/h2-7H,1H3,(H,17,20)/b10-6+. The van der Waals surface area contributed by atoms with Crippen molar-refractivity contribution in [3.63, 3.8) is 0 Å². The zero-order chi connectivity index (χ0) is 14.6.